The van der Waals surface area contributed by atoms with Crippen molar-refractivity contribution in [3.8, 4) is 0 Å². The zero-order chi connectivity index (χ0) is 9.14. The van der Waals surface area contributed by atoms with Crippen LogP contribution in [0, 0.1) is 6.92 Å². The third-order valence-corrected chi connectivity index (χ3v) is 2.32. The van der Waals surface area contributed by atoms with Crippen molar-refractivity contribution in [1.29, 1.82) is 0 Å². The van der Waals surface area contributed by atoms with E-state index in [0.717, 1.165) is 5.56 Å². The predicted molar refractivity (Wildman–Crippen MR) is 48.5 cm³/mol. The van der Waals surface area contributed by atoms with Crippen LogP contribution in [0.25, 0.3) is 0 Å². The maximum Gasteiger partial charge on any atom is 0.0508 e. The maximum absolute atomic E-state index is 10.6. The van der Waals surface area contributed by atoms with Crippen LogP contribution in [-0.4, -0.2) is 15.8 Å². The molecule has 4 heteroatoms. The minimum atomic E-state index is -2.19. The first-order valence-electron chi connectivity index (χ1n) is 3.51. The Labute approximate surface area is 74.4 Å². The summed E-state index contributed by atoms with van der Waals surface area (Å²) in [6.45, 7) is 1.87. The molecule has 0 saturated heterocycles. The van der Waals surface area contributed by atoms with E-state index in [1.165, 1.54) is 11.4 Å². The van der Waals surface area contributed by atoms with Gasteiger partial charge in [0.1, 0.15) is 0 Å². The molecule has 1 aromatic carbocycles. The summed E-state index contributed by atoms with van der Waals surface area (Å²) < 4.78 is 22.4. The fourth-order valence-electron chi connectivity index (χ4n) is 0.997. The number of hydrogen-bond acceptors (Lipinski definition) is 2. The summed E-state index contributed by atoms with van der Waals surface area (Å²) in [4.78, 5) is 0. The van der Waals surface area contributed by atoms with Crippen molar-refractivity contribution >= 4 is 17.0 Å². The minimum absolute atomic E-state index is 0.714. The standard InChI is InChI=1S/C8H11NO2S/c1-7-5-3-4-6-8(7)9(2)12(10)11/h3-6H,1-2H3,(H,10,11)/p-1. The van der Waals surface area contributed by atoms with E-state index in [0.29, 0.717) is 5.69 Å². The van der Waals surface area contributed by atoms with Gasteiger partial charge in [-0.1, -0.05) is 18.2 Å². The number of nitrogens with zero attached hydrogens (tertiary/aromatic N) is 1. The summed E-state index contributed by atoms with van der Waals surface area (Å²) in [5.41, 5.74) is 1.66. The SMILES string of the molecule is Cc1ccccc1N(C)S(=O)[O-]. The van der Waals surface area contributed by atoms with Crippen molar-refractivity contribution in [2.24, 2.45) is 0 Å². The van der Waals surface area contributed by atoms with Gasteiger partial charge in [-0.05, 0) is 18.6 Å². The Hall–Kier alpha value is -0.870. The van der Waals surface area contributed by atoms with Crippen LogP contribution in [0.3, 0.4) is 0 Å². The Kier molecular flexibility index (Phi) is 2.83. The maximum atomic E-state index is 10.6. The number of benzene rings is 1. The van der Waals surface area contributed by atoms with Gasteiger partial charge in [-0.3, -0.25) is 4.21 Å². The topological polar surface area (TPSA) is 43.4 Å². The molecule has 1 atom stereocenters. The number of anilines is 1. The summed E-state index contributed by atoms with van der Waals surface area (Å²) in [6, 6.07) is 7.33. The van der Waals surface area contributed by atoms with E-state index in [2.05, 4.69) is 0 Å². The summed E-state index contributed by atoms with van der Waals surface area (Å²) in [7, 11) is 1.52. The minimum Gasteiger partial charge on any atom is -0.755 e. The molecule has 0 aromatic heterocycles. The molecule has 3 nitrogen and oxygen atoms in total. The Morgan fingerprint density at radius 1 is 1.42 bits per heavy atom. The van der Waals surface area contributed by atoms with Crippen LogP contribution in [0.5, 0.6) is 0 Å². The van der Waals surface area contributed by atoms with Gasteiger partial charge in [0, 0.05) is 18.3 Å². The van der Waals surface area contributed by atoms with Gasteiger partial charge in [0.15, 0.2) is 0 Å². The highest BCUT2D eigenvalue weighted by molar-refractivity contribution is 7.80. The third kappa shape index (κ3) is 1.84. The Morgan fingerprint density at radius 3 is 2.50 bits per heavy atom. The van der Waals surface area contributed by atoms with Gasteiger partial charge in [0.25, 0.3) is 0 Å². The van der Waals surface area contributed by atoms with Crippen molar-refractivity contribution < 1.29 is 8.76 Å². The van der Waals surface area contributed by atoms with E-state index in [9.17, 15) is 8.76 Å². The van der Waals surface area contributed by atoms with Crippen LogP contribution in [0.4, 0.5) is 5.69 Å². The lowest BCUT2D eigenvalue weighted by atomic mass is 10.2. The first-order chi connectivity index (χ1) is 5.63. The third-order valence-electron chi connectivity index (χ3n) is 1.68. The van der Waals surface area contributed by atoms with Crippen LogP contribution >= 0.6 is 0 Å². The van der Waals surface area contributed by atoms with Crippen LogP contribution < -0.4 is 4.31 Å². The molecular weight excluding hydrogens is 174 g/mol. The molecule has 0 heterocycles. The van der Waals surface area contributed by atoms with Crippen LogP contribution in [-0.2, 0) is 11.3 Å². The van der Waals surface area contributed by atoms with Crippen molar-refractivity contribution in [2.75, 3.05) is 11.4 Å². The van der Waals surface area contributed by atoms with Gasteiger partial charge in [-0.15, -0.1) is 0 Å². The lowest BCUT2D eigenvalue weighted by Crippen LogP contribution is -2.20. The van der Waals surface area contributed by atoms with Crippen LogP contribution in [0.1, 0.15) is 5.56 Å². The van der Waals surface area contributed by atoms with E-state index >= 15 is 0 Å². The van der Waals surface area contributed by atoms with E-state index in [1.807, 2.05) is 25.1 Å². The quantitative estimate of drug-likeness (QED) is 0.649. The average molecular weight is 184 g/mol. The molecule has 66 valence electrons. The summed E-state index contributed by atoms with van der Waals surface area (Å²) in [5, 5.41) is 0. The molecule has 12 heavy (non-hydrogen) atoms. The van der Waals surface area contributed by atoms with Crippen molar-refractivity contribution in [3.05, 3.63) is 29.8 Å². The second-order valence-electron chi connectivity index (χ2n) is 2.50. The molecule has 1 unspecified atom stereocenters. The smallest absolute Gasteiger partial charge is 0.0508 e. The second-order valence-corrected chi connectivity index (χ2v) is 3.48. The molecule has 0 aliphatic rings. The fourth-order valence-corrected chi connectivity index (χ4v) is 1.36. The number of rotatable bonds is 2. The number of para-hydroxylation sites is 1. The summed E-state index contributed by atoms with van der Waals surface area (Å²) >= 11 is -2.19. The summed E-state index contributed by atoms with van der Waals surface area (Å²) in [5.74, 6) is 0. The van der Waals surface area contributed by atoms with Crippen molar-refractivity contribution in [1.82, 2.24) is 0 Å². The van der Waals surface area contributed by atoms with Crippen molar-refractivity contribution in [2.45, 2.75) is 6.92 Å². The van der Waals surface area contributed by atoms with E-state index in [-0.39, 0.29) is 0 Å². The molecule has 0 aliphatic heterocycles. The molecule has 0 fully saturated rings. The molecule has 0 bridgehead atoms. The number of hydrogen-bond donors (Lipinski definition) is 0. The molecular formula is C8H10NO2S-. The molecule has 0 aliphatic carbocycles. The molecule has 0 amide bonds. The zero-order valence-corrected chi connectivity index (χ0v) is 7.80. The van der Waals surface area contributed by atoms with E-state index < -0.39 is 11.3 Å². The monoisotopic (exact) mass is 184 g/mol. The number of aryl methyl sites for hydroxylation is 1. The highest BCUT2D eigenvalue weighted by Gasteiger charge is 2.02. The normalized spacial score (nSPS) is 12.6. The van der Waals surface area contributed by atoms with Gasteiger partial charge in [-0.2, -0.15) is 0 Å². The van der Waals surface area contributed by atoms with Gasteiger partial charge in [0.05, 0.1) is 5.69 Å². The average Bonchev–Trinajstić information content (AvgIpc) is 2.04. The highest BCUT2D eigenvalue weighted by Crippen LogP contribution is 2.18. The Bertz CT molecular complexity index is 301. The largest absolute Gasteiger partial charge is 0.755 e. The fraction of sp³-hybridized carbons (Fsp3) is 0.250. The molecule has 0 spiro atoms. The molecule has 0 saturated carbocycles. The van der Waals surface area contributed by atoms with E-state index in [1.54, 1.807) is 6.07 Å². The van der Waals surface area contributed by atoms with Crippen LogP contribution in [0.15, 0.2) is 24.3 Å². The highest BCUT2D eigenvalue weighted by atomic mass is 32.2. The van der Waals surface area contributed by atoms with Gasteiger partial charge >= 0.3 is 0 Å². The first-order valence-corrected chi connectivity index (χ1v) is 4.55. The lowest BCUT2D eigenvalue weighted by Gasteiger charge is -2.22. The van der Waals surface area contributed by atoms with Gasteiger partial charge < -0.3 is 8.86 Å². The van der Waals surface area contributed by atoms with Crippen molar-refractivity contribution in [3.63, 3.8) is 0 Å². The van der Waals surface area contributed by atoms with Gasteiger partial charge in [0.2, 0.25) is 0 Å². The zero-order valence-electron chi connectivity index (χ0n) is 6.98. The first kappa shape index (κ1) is 9.22. The van der Waals surface area contributed by atoms with Gasteiger partial charge in [-0.25, -0.2) is 0 Å². The molecule has 0 radical (unpaired) electrons. The molecule has 1 aromatic rings. The Morgan fingerprint density at radius 2 is 2.00 bits per heavy atom. The summed E-state index contributed by atoms with van der Waals surface area (Å²) in [6.07, 6.45) is 0. The molecule has 0 N–H and O–H groups in total. The Balaban J connectivity index is 3.02. The van der Waals surface area contributed by atoms with Crippen LogP contribution in [0.2, 0.25) is 0 Å². The lowest BCUT2D eigenvalue weighted by molar-refractivity contribution is 0.535. The predicted octanol–water partition coefficient (Wildman–Crippen LogP) is 1.23. The second kappa shape index (κ2) is 3.69. The molecule has 1 rings (SSSR count). The van der Waals surface area contributed by atoms with E-state index in [4.69, 9.17) is 0 Å².